The number of hydrogen-bond donors (Lipinski definition) is 1. The predicted octanol–water partition coefficient (Wildman–Crippen LogP) is 3.59. The first-order chi connectivity index (χ1) is 10.6. The zero-order chi connectivity index (χ0) is 15.4. The Morgan fingerprint density at radius 2 is 1.86 bits per heavy atom. The lowest BCUT2D eigenvalue weighted by Gasteiger charge is -2.07. The maximum Gasteiger partial charge on any atom is 0.356 e. The van der Waals surface area contributed by atoms with Gasteiger partial charge in [-0.3, -0.25) is 4.68 Å². The lowest BCUT2D eigenvalue weighted by Crippen LogP contribution is -1.99. The number of carbonyl (C=O) groups is 1. The summed E-state index contributed by atoms with van der Waals surface area (Å²) in [7, 11) is 1.71. The van der Waals surface area contributed by atoms with Crippen molar-refractivity contribution in [2.24, 2.45) is 7.05 Å². The fourth-order valence-corrected chi connectivity index (χ4v) is 2.90. The Hall–Kier alpha value is -3.02. The topological polar surface area (TPSA) is 81.4 Å². The maximum atomic E-state index is 11.2. The second-order valence-electron chi connectivity index (χ2n) is 5.17. The highest BCUT2D eigenvalue weighted by Crippen LogP contribution is 2.39. The number of benzene rings is 1. The van der Waals surface area contributed by atoms with E-state index in [-0.39, 0.29) is 5.69 Å². The molecule has 0 aliphatic heterocycles. The number of fused-ring (bicyclic) bond motifs is 2. The maximum absolute atomic E-state index is 11.2. The van der Waals surface area contributed by atoms with Crippen LogP contribution in [0.4, 0.5) is 0 Å². The van der Waals surface area contributed by atoms with Gasteiger partial charge in [0.2, 0.25) is 0 Å². The summed E-state index contributed by atoms with van der Waals surface area (Å²) in [6.45, 7) is 1.97. The van der Waals surface area contributed by atoms with Crippen LogP contribution < -0.4 is 0 Å². The van der Waals surface area contributed by atoms with Crippen molar-refractivity contribution < 1.29 is 18.7 Å². The van der Waals surface area contributed by atoms with Gasteiger partial charge in [0.25, 0.3) is 0 Å². The summed E-state index contributed by atoms with van der Waals surface area (Å²) in [5.74, 6) is -1.06. The SMILES string of the molecule is Cc1c2ccoc2c(-c2cc(C(=O)O)nn2C)c2ccoc12. The molecule has 4 rings (SSSR count). The van der Waals surface area contributed by atoms with Crippen LogP contribution in [-0.4, -0.2) is 20.9 Å². The Balaban J connectivity index is 2.17. The van der Waals surface area contributed by atoms with Crippen molar-refractivity contribution in [3.8, 4) is 11.3 Å². The van der Waals surface area contributed by atoms with Crippen LogP contribution in [-0.2, 0) is 7.05 Å². The van der Waals surface area contributed by atoms with E-state index in [1.165, 1.54) is 0 Å². The van der Waals surface area contributed by atoms with Crippen LogP contribution in [0.25, 0.3) is 33.2 Å². The molecule has 0 aliphatic carbocycles. The Kier molecular flexibility index (Phi) is 2.45. The highest BCUT2D eigenvalue weighted by atomic mass is 16.4. The van der Waals surface area contributed by atoms with Gasteiger partial charge in [0.15, 0.2) is 5.69 Å². The highest BCUT2D eigenvalue weighted by molar-refractivity contribution is 6.11. The Bertz CT molecular complexity index is 984. The number of carboxylic acid groups (broad SMARTS) is 1. The molecule has 110 valence electrons. The van der Waals surface area contributed by atoms with Crippen LogP contribution in [0.5, 0.6) is 0 Å². The quantitative estimate of drug-likeness (QED) is 0.611. The summed E-state index contributed by atoms with van der Waals surface area (Å²) >= 11 is 0. The molecule has 1 N–H and O–H groups in total. The van der Waals surface area contributed by atoms with Crippen LogP contribution in [0.2, 0.25) is 0 Å². The zero-order valence-electron chi connectivity index (χ0n) is 12.0. The molecule has 0 fully saturated rings. The fraction of sp³-hybridized carbons (Fsp3) is 0.125. The van der Waals surface area contributed by atoms with Gasteiger partial charge in [-0.05, 0) is 25.1 Å². The number of nitrogens with zero attached hydrogens (tertiary/aromatic N) is 2. The van der Waals surface area contributed by atoms with E-state index >= 15 is 0 Å². The molecule has 1 aromatic carbocycles. The molecule has 0 aliphatic rings. The smallest absolute Gasteiger partial charge is 0.356 e. The number of carboxylic acids is 1. The van der Waals surface area contributed by atoms with E-state index in [1.807, 2.05) is 19.1 Å². The molecule has 0 unspecified atom stereocenters. The van der Waals surface area contributed by atoms with Crippen LogP contribution in [0.15, 0.2) is 39.6 Å². The van der Waals surface area contributed by atoms with Crippen LogP contribution in [0.1, 0.15) is 16.1 Å². The summed E-state index contributed by atoms with van der Waals surface area (Å²) in [6, 6.07) is 5.28. The average Bonchev–Trinajstić information content (AvgIpc) is 3.19. The standard InChI is InChI=1S/C16H12N2O4/c1-8-9-3-5-22-15(9)13(10-4-6-21-14(8)10)12-7-11(16(19)20)17-18(12)2/h3-7H,1-2H3,(H,19,20). The lowest BCUT2D eigenvalue weighted by atomic mass is 10.00. The van der Waals surface area contributed by atoms with Crippen LogP contribution in [0.3, 0.4) is 0 Å². The summed E-state index contributed by atoms with van der Waals surface area (Å²) in [6.07, 6.45) is 3.24. The second kappa shape index (κ2) is 4.24. The molecule has 4 aromatic rings. The molecule has 0 radical (unpaired) electrons. The van der Waals surface area contributed by atoms with Crippen molar-refractivity contribution in [3.05, 3.63) is 42.0 Å². The van der Waals surface area contributed by atoms with E-state index in [1.54, 1.807) is 30.3 Å². The van der Waals surface area contributed by atoms with Gasteiger partial charge in [-0.2, -0.15) is 5.10 Å². The number of aromatic carboxylic acids is 1. The first-order valence-electron chi connectivity index (χ1n) is 6.72. The normalized spacial score (nSPS) is 11.5. The Morgan fingerprint density at radius 1 is 1.18 bits per heavy atom. The van der Waals surface area contributed by atoms with Crippen molar-refractivity contribution in [2.45, 2.75) is 6.92 Å². The van der Waals surface area contributed by atoms with Crippen molar-refractivity contribution in [1.82, 2.24) is 9.78 Å². The highest BCUT2D eigenvalue weighted by Gasteiger charge is 2.21. The molecule has 0 saturated carbocycles. The largest absolute Gasteiger partial charge is 0.476 e. The second-order valence-corrected chi connectivity index (χ2v) is 5.17. The number of aryl methyl sites for hydroxylation is 2. The molecule has 0 amide bonds. The molecule has 6 heteroatoms. The summed E-state index contributed by atoms with van der Waals surface area (Å²) in [4.78, 5) is 11.2. The fourth-order valence-electron chi connectivity index (χ4n) is 2.90. The van der Waals surface area contributed by atoms with Gasteiger partial charge in [0.05, 0.1) is 23.8 Å². The van der Waals surface area contributed by atoms with Gasteiger partial charge in [0.1, 0.15) is 11.2 Å². The summed E-state index contributed by atoms with van der Waals surface area (Å²) in [5.41, 5.74) is 3.91. The van der Waals surface area contributed by atoms with Gasteiger partial charge in [-0.1, -0.05) is 0 Å². The number of hydrogen-bond acceptors (Lipinski definition) is 4. The van der Waals surface area contributed by atoms with Crippen molar-refractivity contribution >= 4 is 27.9 Å². The van der Waals surface area contributed by atoms with Crippen molar-refractivity contribution in [2.75, 3.05) is 0 Å². The monoisotopic (exact) mass is 296 g/mol. The van der Waals surface area contributed by atoms with E-state index in [0.29, 0.717) is 11.3 Å². The van der Waals surface area contributed by atoms with Gasteiger partial charge in [0, 0.05) is 23.4 Å². The Labute approximate surface area is 124 Å². The van der Waals surface area contributed by atoms with E-state index in [4.69, 9.17) is 13.9 Å². The third kappa shape index (κ3) is 1.54. The lowest BCUT2D eigenvalue weighted by molar-refractivity contribution is 0.0689. The first kappa shape index (κ1) is 12.7. The molecule has 0 bridgehead atoms. The van der Waals surface area contributed by atoms with Gasteiger partial charge >= 0.3 is 5.97 Å². The molecule has 0 saturated heterocycles. The van der Waals surface area contributed by atoms with Gasteiger partial charge in [-0.15, -0.1) is 0 Å². The predicted molar refractivity (Wildman–Crippen MR) is 79.9 cm³/mol. The molecule has 3 heterocycles. The minimum absolute atomic E-state index is 0.00516. The Morgan fingerprint density at radius 3 is 2.55 bits per heavy atom. The van der Waals surface area contributed by atoms with E-state index in [2.05, 4.69) is 5.10 Å². The molecule has 22 heavy (non-hydrogen) atoms. The minimum Gasteiger partial charge on any atom is -0.476 e. The molecular weight excluding hydrogens is 284 g/mol. The summed E-state index contributed by atoms with van der Waals surface area (Å²) < 4.78 is 12.8. The molecule has 0 atom stereocenters. The number of furan rings is 2. The van der Waals surface area contributed by atoms with E-state index in [0.717, 1.165) is 27.5 Å². The minimum atomic E-state index is -1.06. The van der Waals surface area contributed by atoms with Gasteiger partial charge < -0.3 is 13.9 Å². The third-order valence-corrected chi connectivity index (χ3v) is 3.93. The molecule has 3 aromatic heterocycles. The van der Waals surface area contributed by atoms with Crippen LogP contribution in [0, 0.1) is 6.92 Å². The first-order valence-corrected chi connectivity index (χ1v) is 6.72. The average molecular weight is 296 g/mol. The molecular formula is C16H12N2O4. The molecule has 6 nitrogen and oxygen atoms in total. The zero-order valence-corrected chi connectivity index (χ0v) is 12.0. The van der Waals surface area contributed by atoms with Crippen molar-refractivity contribution in [1.29, 1.82) is 0 Å². The van der Waals surface area contributed by atoms with Gasteiger partial charge in [-0.25, -0.2) is 4.79 Å². The molecule has 0 spiro atoms. The number of aromatic nitrogens is 2. The van der Waals surface area contributed by atoms with E-state index in [9.17, 15) is 4.79 Å². The summed E-state index contributed by atoms with van der Waals surface area (Å²) in [5, 5.41) is 15.0. The van der Waals surface area contributed by atoms with Crippen LogP contribution >= 0.6 is 0 Å². The number of rotatable bonds is 2. The van der Waals surface area contributed by atoms with E-state index < -0.39 is 5.97 Å². The van der Waals surface area contributed by atoms with Crippen molar-refractivity contribution in [3.63, 3.8) is 0 Å². The third-order valence-electron chi connectivity index (χ3n) is 3.93.